The first-order chi connectivity index (χ1) is 13.7. The molecule has 0 spiro atoms. The SMILES string of the molecule is CCNC(=NCC1CCOC1c1ccccc1)NC(C)C(C)c1ccccc1.I. The number of guanidine groups is 1. The van der Waals surface area contributed by atoms with Gasteiger partial charge in [0, 0.05) is 37.6 Å². The van der Waals surface area contributed by atoms with Gasteiger partial charge in [0.1, 0.15) is 0 Å². The van der Waals surface area contributed by atoms with Crippen LogP contribution in [0.5, 0.6) is 0 Å². The molecule has 0 radical (unpaired) electrons. The molecule has 0 amide bonds. The van der Waals surface area contributed by atoms with Crippen molar-refractivity contribution in [2.75, 3.05) is 19.7 Å². The topological polar surface area (TPSA) is 45.7 Å². The van der Waals surface area contributed by atoms with Gasteiger partial charge in [0.15, 0.2) is 5.96 Å². The van der Waals surface area contributed by atoms with Crippen LogP contribution in [-0.2, 0) is 4.74 Å². The first-order valence-electron chi connectivity index (χ1n) is 10.5. The molecule has 4 unspecified atom stereocenters. The maximum absolute atomic E-state index is 6.01. The maximum atomic E-state index is 6.01. The van der Waals surface area contributed by atoms with Gasteiger partial charge < -0.3 is 15.4 Å². The van der Waals surface area contributed by atoms with E-state index in [-0.39, 0.29) is 36.1 Å². The normalized spacial score (nSPS) is 21.1. The van der Waals surface area contributed by atoms with Crippen molar-refractivity contribution in [1.29, 1.82) is 0 Å². The Morgan fingerprint density at radius 2 is 1.72 bits per heavy atom. The molecule has 0 saturated carbocycles. The fourth-order valence-electron chi connectivity index (χ4n) is 3.75. The third-order valence-corrected chi connectivity index (χ3v) is 5.61. The quantitative estimate of drug-likeness (QED) is 0.310. The molecule has 5 heteroatoms. The minimum Gasteiger partial charge on any atom is -0.373 e. The molecule has 3 rings (SSSR count). The average molecular weight is 507 g/mol. The number of halogens is 1. The zero-order valence-corrected chi connectivity index (χ0v) is 20.0. The first-order valence-corrected chi connectivity index (χ1v) is 10.5. The third kappa shape index (κ3) is 6.71. The Balaban J connectivity index is 0.00000300. The van der Waals surface area contributed by atoms with E-state index in [9.17, 15) is 0 Å². The highest BCUT2D eigenvalue weighted by Gasteiger charge is 2.29. The van der Waals surface area contributed by atoms with Crippen molar-refractivity contribution in [2.45, 2.75) is 45.3 Å². The molecule has 2 N–H and O–H groups in total. The van der Waals surface area contributed by atoms with Crippen molar-refractivity contribution in [2.24, 2.45) is 10.9 Å². The summed E-state index contributed by atoms with van der Waals surface area (Å²) in [4.78, 5) is 4.90. The van der Waals surface area contributed by atoms with Gasteiger partial charge in [-0.15, -0.1) is 24.0 Å². The van der Waals surface area contributed by atoms with Crippen LogP contribution in [0.1, 0.15) is 50.3 Å². The largest absolute Gasteiger partial charge is 0.373 e. The minimum atomic E-state index is 0. The lowest BCUT2D eigenvalue weighted by atomic mass is 9.94. The molecule has 2 aromatic rings. The van der Waals surface area contributed by atoms with Crippen LogP contribution < -0.4 is 10.6 Å². The lowest BCUT2D eigenvalue weighted by molar-refractivity contribution is 0.0925. The molecule has 158 valence electrons. The number of ether oxygens (including phenoxy) is 1. The summed E-state index contributed by atoms with van der Waals surface area (Å²) >= 11 is 0. The molecule has 1 heterocycles. The van der Waals surface area contributed by atoms with Crippen LogP contribution in [0.3, 0.4) is 0 Å². The Labute approximate surface area is 192 Å². The summed E-state index contributed by atoms with van der Waals surface area (Å²) in [6, 6.07) is 21.4. The number of benzene rings is 2. The number of hydrogen-bond donors (Lipinski definition) is 2. The van der Waals surface area contributed by atoms with E-state index in [2.05, 4.69) is 86.0 Å². The monoisotopic (exact) mass is 507 g/mol. The first kappa shape index (κ1) is 23.7. The summed E-state index contributed by atoms with van der Waals surface area (Å²) in [6.07, 6.45) is 1.20. The van der Waals surface area contributed by atoms with Gasteiger partial charge in [-0.2, -0.15) is 0 Å². The van der Waals surface area contributed by atoms with Gasteiger partial charge in [0.25, 0.3) is 0 Å². The van der Waals surface area contributed by atoms with Gasteiger partial charge in [0.2, 0.25) is 0 Å². The highest BCUT2D eigenvalue weighted by molar-refractivity contribution is 14.0. The maximum Gasteiger partial charge on any atom is 0.191 e. The number of nitrogens with one attached hydrogen (secondary N) is 2. The lowest BCUT2D eigenvalue weighted by Crippen LogP contribution is -2.44. The zero-order chi connectivity index (χ0) is 19.8. The predicted molar refractivity (Wildman–Crippen MR) is 132 cm³/mol. The summed E-state index contributed by atoms with van der Waals surface area (Å²) in [5, 5.41) is 6.99. The number of nitrogens with zero attached hydrogens (tertiary/aromatic N) is 1. The van der Waals surface area contributed by atoms with Gasteiger partial charge in [-0.1, -0.05) is 67.6 Å². The van der Waals surface area contributed by atoms with E-state index in [0.717, 1.165) is 32.1 Å². The summed E-state index contributed by atoms with van der Waals surface area (Å²) in [5.74, 6) is 1.70. The van der Waals surface area contributed by atoms with Crippen LogP contribution in [-0.4, -0.2) is 31.7 Å². The van der Waals surface area contributed by atoms with Crippen LogP contribution in [0.4, 0.5) is 0 Å². The lowest BCUT2D eigenvalue weighted by Gasteiger charge is -2.24. The molecule has 1 fully saturated rings. The van der Waals surface area contributed by atoms with Gasteiger partial charge >= 0.3 is 0 Å². The Kier molecular flexibility index (Phi) is 9.94. The Morgan fingerprint density at radius 3 is 2.38 bits per heavy atom. The number of aliphatic imine (C=N–C) groups is 1. The van der Waals surface area contributed by atoms with E-state index < -0.39 is 0 Å². The van der Waals surface area contributed by atoms with Crippen LogP contribution >= 0.6 is 24.0 Å². The highest BCUT2D eigenvalue weighted by atomic mass is 127. The van der Waals surface area contributed by atoms with Crippen molar-refractivity contribution in [3.05, 3.63) is 71.8 Å². The van der Waals surface area contributed by atoms with Crippen molar-refractivity contribution in [1.82, 2.24) is 10.6 Å². The van der Waals surface area contributed by atoms with E-state index in [1.165, 1.54) is 11.1 Å². The Hall–Kier alpha value is -1.60. The molecular weight excluding hydrogens is 473 g/mol. The van der Waals surface area contributed by atoms with E-state index >= 15 is 0 Å². The molecular formula is C24H34IN3O. The van der Waals surface area contributed by atoms with Crippen molar-refractivity contribution < 1.29 is 4.74 Å². The number of hydrogen-bond acceptors (Lipinski definition) is 2. The summed E-state index contributed by atoms with van der Waals surface area (Å²) in [5.41, 5.74) is 2.59. The summed E-state index contributed by atoms with van der Waals surface area (Å²) < 4.78 is 6.01. The predicted octanol–water partition coefficient (Wildman–Crippen LogP) is 5.13. The van der Waals surface area contributed by atoms with Crippen LogP contribution in [0.15, 0.2) is 65.7 Å². The fraction of sp³-hybridized carbons (Fsp3) is 0.458. The average Bonchev–Trinajstić information content (AvgIpc) is 3.21. The van der Waals surface area contributed by atoms with Crippen LogP contribution in [0.2, 0.25) is 0 Å². The smallest absolute Gasteiger partial charge is 0.191 e. The highest BCUT2D eigenvalue weighted by Crippen LogP contribution is 2.34. The van der Waals surface area contributed by atoms with Gasteiger partial charge in [-0.05, 0) is 31.4 Å². The second-order valence-electron chi connectivity index (χ2n) is 7.60. The minimum absolute atomic E-state index is 0. The summed E-state index contributed by atoms with van der Waals surface area (Å²) in [7, 11) is 0. The third-order valence-electron chi connectivity index (χ3n) is 5.61. The molecule has 1 saturated heterocycles. The molecule has 0 aliphatic carbocycles. The number of rotatable bonds is 7. The Morgan fingerprint density at radius 1 is 1.07 bits per heavy atom. The molecule has 0 bridgehead atoms. The van der Waals surface area contributed by atoms with Crippen LogP contribution in [0.25, 0.3) is 0 Å². The zero-order valence-electron chi connectivity index (χ0n) is 17.7. The second-order valence-corrected chi connectivity index (χ2v) is 7.60. The molecule has 4 nitrogen and oxygen atoms in total. The van der Waals surface area contributed by atoms with Crippen molar-refractivity contribution >= 4 is 29.9 Å². The molecule has 29 heavy (non-hydrogen) atoms. The van der Waals surface area contributed by atoms with E-state index in [4.69, 9.17) is 9.73 Å². The van der Waals surface area contributed by atoms with E-state index in [0.29, 0.717) is 11.8 Å². The van der Waals surface area contributed by atoms with Gasteiger partial charge in [-0.25, -0.2) is 0 Å². The second kappa shape index (κ2) is 12.2. The van der Waals surface area contributed by atoms with Crippen molar-refractivity contribution in [3.63, 3.8) is 0 Å². The van der Waals surface area contributed by atoms with Gasteiger partial charge in [-0.3, -0.25) is 4.99 Å². The summed E-state index contributed by atoms with van der Waals surface area (Å²) in [6.45, 7) is 9.00. The van der Waals surface area contributed by atoms with E-state index in [1.54, 1.807) is 0 Å². The molecule has 0 aromatic heterocycles. The molecule has 1 aliphatic rings. The fourth-order valence-corrected chi connectivity index (χ4v) is 3.75. The molecule has 1 aliphatic heterocycles. The van der Waals surface area contributed by atoms with E-state index in [1.807, 2.05) is 6.07 Å². The molecule has 4 atom stereocenters. The molecule has 2 aromatic carbocycles. The van der Waals surface area contributed by atoms with Crippen LogP contribution in [0, 0.1) is 5.92 Å². The van der Waals surface area contributed by atoms with Crippen molar-refractivity contribution in [3.8, 4) is 0 Å². The van der Waals surface area contributed by atoms with Gasteiger partial charge in [0.05, 0.1) is 6.10 Å². The standard InChI is InChI=1S/C24H33N3O.HI/c1-4-25-24(27-19(3)18(2)20-11-7-5-8-12-20)26-17-22-15-16-28-23(22)21-13-9-6-10-14-21;/h5-14,18-19,22-23H,4,15-17H2,1-3H3,(H2,25,26,27);1H. The Bertz CT molecular complexity index is 738.